The standard InChI is InChI=1S/C15H25N3O2/c1-3-14(18-9-4-8-16-18)15(19)17(2)10-5-13-6-11-20-12-7-13/h4,8-9,13-14H,3,5-7,10-12H2,1-2H3. The van der Waals surface area contributed by atoms with Crippen LogP contribution in [0.2, 0.25) is 0 Å². The Balaban J connectivity index is 1.84. The molecule has 0 saturated carbocycles. The van der Waals surface area contributed by atoms with Gasteiger partial charge in [0.2, 0.25) is 5.91 Å². The zero-order valence-electron chi connectivity index (χ0n) is 12.5. The molecule has 5 heteroatoms. The topological polar surface area (TPSA) is 47.4 Å². The molecule has 2 rings (SSSR count). The van der Waals surface area contributed by atoms with Gasteiger partial charge in [0.15, 0.2) is 0 Å². The van der Waals surface area contributed by atoms with Gasteiger partial charge < -0.3 is 9.64 Å². The highest BCUT2D eigenvalue weighted by molar-refractivity contribution is 5.80. The summed E-state index contributed by atoms with van der Waals surface area (Å²) in [6.45, 7) is 4.58. The lowest BCUT2D eigenvalue weighted by molar-refractivity contribution is -0.134. The van der Waals surface area contributed by atoms with Crippen LogP contribution in [0.3, 0.4) is 0 Å². The van der Waals surface area contributed by atoms with Gasteiger partial charge in [-0.3, -0.25) is 9.48 Å². The van der Waals surface area contributed by atoms with Crippen LogP contribution in [0.1, 0.15) is 38.6 Å². The first-order valence-corrected chi connectivity index (χ1v) is 7.54. The van der Waals surface area contributed by atoms with Gasteiger partial charge in [-0.1, -0.05) is 6.92 Å². The molecule has 0 aromatic carbocycles. The van der Waals surface area contributed by atoms with Crippen molar-refractivity contribution in [3.63, 3.8) is 0 Å². The average molecular weight is 279 g/mol. The largest absolute Gasteiger partial charge is 0.381 e. The monoisotopic (exact) mass is 279 g/mol. The molecular formula is C15H25N3O2. The number of carbonyl (C=O) groups excluding carboxylic acids is 1. The van der Waals surface area contributed by atoms with Gasteiger partial charge in [-0.25, -0.2) is 0 Å². The van der Waals surface area contributed by atoms with Crippen molar-refractivity contribution in [3.05, 3.63) is 18.5 Å². The van der Waals surface area contributed by atoms with Crippen LogP contribution in [0, 0.1) is 5.92 Å². The number of ether oxygens (including phenoxy) is 1. The third kappa shape index (κ3) is 3.82. The molecule has 0 radical (unpaired) electrons. The lowest BCUT2D eigenvalue weighted by Crippen LogP contribution is -2.36. The maximum Gasteiger partial charge on any atom is 0.247 e. The number of aromatic nitrogens is 2. The second-order valence-electron chi connectivity index (χ2n) is 5.51. The molecule has 2 heterocycles. The summed E-state index contributed by atoms with van der Waals surface area (Å²) in [4.78, 5) is 14.3. The predicted octanol–water partition coefficient (Wildman–Crippen LogP) is 2.11. The molecule has 1 saturated heterocycles. The van der Waals surface area contributed by atoms with Crippen molar-refractivity contribution in [3.8, 4) is 0 Å². The van der Waals surface area contributed by atoms with Crippen LogP contribution in [-0.2, 0) is 9.53 Å². The van der Waals surface area contributed by atoms with E-state index in [1.165, 1.54) is 0 Å². The summed E-state index contributed by atoms with van der Waals surface area (Å²) in [5, 5.41) is 4.19. The minimum atomic E-state index is -0.176. The summed E-state index contributed by atoms with van der Waals surface area (Å²) in [7, 11) is 1.90. The van der Waals surface area contributed by atoms with Crippen LogP contribution in [0.25, 0.3) is 0 Å². The van der Waals surface area contributed by atoms with Crippen molar-refractivity contribution in [1.29, 1.82) is 0 Å². The van der Waals surface area contributed by atoms with Gasteiger partial charge in [0, 0.05) is 39.2 Å². The summed E-state index contributed by atoms with van der Waals surface area (Å²) >= 11 is 0. The number of nitrogens with zero attached hydrogens (tertiary/aromatic N) is 3. The first-order chi connectivity index (χ1) is 9.72. The van der Waals surface area contributed by atoms with Crippen LogP contribution in [0.5, 0.6) is 0 Å². The molecule has 0 N–H and O–H groups in total. The Morgan fingerprint density at radius 3 is 2.85 bits per heavy atom. The van der Waals surface area contributed by atoms with Crippen molar-refractivity contribution in [2.45, 2.75) is 38.6 Å². The highest BCUT2D eigenvalue weighted by Crippen LogP contribution is 2.20. The molecule has 1 aliphatic rings. The highest BCUT2D eigenvalue weighted by atomic mass is 16.5. The summed E-state index contributed by atoms with van der Waals surface area (Å²) in [6.07, 6.45) is 7.66. The Morgan fingerprint density at radius 2 is 2.25 bits per heavy atom. The molecule has 0 bridgehead atoms. The minimum absolute atomic E-state index is 0.156. The van der Waals surface area contributed by atoms with Crippen LogP contribution in [0.4, 0.5) is 0 Å². The van der Waals surface area contributed by atoms with E-state index in [4.69, 9.17) is 4.74 Å². The molecule has 5 nitrogen and oxygen atoms in total. The molecule has 1 aromatic heterocycles. The number of hydrogen-bond donors (Lipinski definition) is 0. The molecule has 1 fully saturated rings. The number of rotatable bonds is 6. The van der Waals surface area contributed by atoms with Crippen molar-refractivity contribution in [1.82, 2.24) is 14.7 Å². The average Bonchev–Trinajstić information content (AvgIpc) is 3.00. The van der Waals surface area contributed by atoms with Crippen LogP contribution in [0.15, 0.2) is 18.5 Å². The van der Waals surface area contributed by atoms with Crippen molar-refractivity contribution < 1.29 is 9.53 Å². The van der Waals surface area contributed by atoms with E-state index >= 15 is 0 Å². The van der Waals surface area contributed by atoms with Gasteiger partial charge in [0.25, 0.3) is 0 Å². The summed E-state index contributed by atoms with van der Waals surface area (Å²) in [6, 6.07) is 1.68. The molecule has 1 amide bonds. The maximum absolute atomic E-state index is 12.5. The predicted molar refractivity (Wildman–Crippen MR) is 77.4 cm³/mol. The first-order valence-electron chi connectivity index (χ1n) is 7.54. The molecule has 1 aromatic rings. The Bertz CT molecular complexity index is 399. The molecule has 112 valence electrons. The Kier molecular flexibility index (Phi) is 5.59. The van der Waals surface area contributed by atoms with E-state index in [1.54, 1.807) is 10.9 Å². The second-order valence-corrected chi connectivity index (χ2v) is 5.51. The van der Waals surface area contributed by atoms with Crippen molar-refractivity contribution >= 4 is 5.91 Å². The van der Waals surface area contributed by atoms with E-state index in [-0.39, 0.29) is 11.9 Å². The third-order valence-electron chi connectivity index (χ3n) is 4.11. The number of amides is 1. The number of hydrogen-bond acceptors (Lipinski definition) is 3. The Morgan fingerprint density at radius 1 is 1.50 bits per heavy atom. The minimum Gasteiger partial charge on any atom is -0.381 e. The number of likely N-dealkylation sites (N-methyl/N-ethyl adjacent to an activating group) is 1. The van der Waals surface area contributed by atoms with Gasteiger partial charge in [-0.05, 0) is 37.7 Å². The summed E-state index contributed by atoms with van der Waals surface area (Å²) in [5.41, 5.74) is 0. The Labute approximate surface area is 120 Å². The summed E-state index contributed by atoms with van der Waals surface area (Å²) < 4.78 is 7.12. The lowest BCUT2D eigenvalue weighted by atomic mass is 9.96. The highest BCUT2D eigenvalue weighted by Gasteiger charge is 2.23. The summed E-state index contributed by atoms with van der Waals surface area (Å²) in [5.74, 6) is 0.854. The van der Waals surface area contributed by atoms with Gasteiger partial charge in [0.05, 0.1) is 0 Å². The third-order valence-corrected chi connectivity index (χ3v) is 4.11. The van der Waals surface area contributed by atoms with Crippen LogP contribution >= 0.6 is 0 Å². The fourth-order valence-electron chi connectivity index (χ4n) is 2.72. The van der Waals surface area contributed by atoms with E-state index in [1.807, 2.05) is 31.1 Å². The SMILES string of the molecule is CCC(C(=O)N(C)CCC1CCOCC1)n1cccn1. The van der Waals surface area contributed by atoms with E-state index in [0.29, 0.717) is 5.92 Å². The normalized spacial score (nSPS) is 17.9. The molecule has 0 aliphatic carbocycles. The maximum atomic E-state index is 12.5. The zero-order valence-corrected chi connectivity index (χ0v) is 12.5. The molecule has 1 atom stereocenters. The number of carbonyl (C=O) groups is 1. The van der Waals surface area contributed by atoms with E-state index in [2.05, 4.69) is 5.10 Å². The van der Waals surface area contributed by atoms with Crippen molar-refractivity contribution in [2.75, 3.05) is 26.8 Å². The second kappa shape index (κ2) is 7.43. The quantitative estimate of drug-likeness (QED) is 0.801. The fourth-order valence-corrected chi connectivity index (χ4v) is 2.72. The van der Waals surface area contributed by atoms with Crippen LogP contribution in [-0.4, -0.2) is 47.4 Å². The van der Waals surface area contributed by atoms with E-state index in [9.17, 15) is 4.79 Å². The lowest BCUT2D eigenvalue weighted by Gasteiger charge is -2.27. The Hall–Kier alpha value is -1.36. The molecular weight excluding hydrogens is 254 g/mol. The van der Waals surface area contributed by atoms with Crippen LogP contribution < -0.4 is 0 Å². The molecule has 20 heavy (non-hydrogen) atoms. The molecule has 1 unspecified atom stereocenters. The first kappa shape index (κ1) is 15.0. The van der Waals surface area contributed by atoms with Gasteiger partial charge in [-0.15, -0.1) is 0 Å². The zero-order chi connectivity index (χ0) is 14.4. The van der Waals surface area contributed by atoms with Gasteiger partial charge in [0.1, 0.15) is 6.04 Å². The fraction of sp³-hybridized carbons (Fsp3) is 0.733. The van der Waals surface area contributed by atoms with Gasteiger partial charge >= 0.3 is 0 Å². The molecule has 0 spiro atoms. The smallest absolute Gasteiger partial charge is 0.247 e. The van der Waals surface area contributed by atoms with E-state index < -0.39 is 0 Å². The van der Waals surface area contributed by atoms with Crippen molar-refractivity contribution in [2.24, 2.45) is 5.92 Å². The van der Waals surface area contributed by atoms with Gasteiger partial charge in [-0.2, -0.15) is 5.10 Å². The molecule has 1 aliphatic heterocycles. The van der Waals surface area contributed by atoms with E-state index in [0.717, 1.165) is 45.4 Å².